The Hall–Kier alpha value is -4.08. The van der Waals surface area contributed by atoms with Crippen LogP contribution in [0.2, 0.25) is 0 Å². The first kappa shape index (κ1) is 19.2. The van der Waals surface area contributed by atoms with E-state index in [1.54, 1.807) is 18.2 Å². The zero-order valence-corrected chi connectivity index (χ0v) is 16.2. The average Bonchev–Trinajstić information content (AvgIpc) is 3.20. The molecule has 10 heteroatoms. The number of unbranched alkanes of at least 4 members (excludes halogenated alkanes) is 1. The number of aryl methyl sites for hydroxylation is 2. The number of urea groups is 1. The largest absolute Gasteiger partial charge is 0.369 e. The minimum Gasteiger partial charge on any atom is -0.369 e. The van der Waals surface area contributed by atoms with Gasteiger partial charge in [-0.2, -0.15) is 0 Å². The number of benzene rings is 2. The summed E-state index contributed by atoms with van der Waals surface area (Å²) in [6, 6.07) is 12.1. The quantitative estimate of drug-likeness (QED) is 0.345. The van der Waals surface area contributed by atoms with Crippen LogP contribution in [0.4, 0.5) is 16.7 Å². The fraction of sp³-hybridized carbons (Fsp3) is 0.200. The molecule has 2 heterocycles. The van der Waals surface area contributed by atoms with Crippen LogP contribution >= 0.6 is 0 Å². The summed E-state index contributed by atoms with van der Waals surface area (Å²) >= 11 is 0. The minimum absolute atomic E-state index is 0.326. The van der Waals surface area contributed by atoms with Gasteiger partial charge in [0.2, 0.25) is 17.8 Å². The summed E-state index contributed by atoms with van der Waals surface area (Å²) < 4.78 is 3.85. The van der Waals surface area contributed by atoms with Crippen molar-refractivity contribution in [2.75, 3.05) is 11.1 Å². The molecule has 0 spiro atoms. The Morgan fingerprint density at radius 2 is 1.60 bits per heavy atom. The van der Waals surface area contributed by atoms with Gasteiger partial charge in [-0.25, -0.2) is 14.8 Å². The summed E-state index contributed by atoms with van der Waals surface area (Å²) in [5.74, 6) is 0.270. The lowest BCUT2D eigenvalue weighted by atomic mass is 10.2. The van der Waals surface area contributed by atoms with E-state index < -0.39 is 11.9 Å². The first-order valence-electron chi connectivity index (χ1n) is 9.51. The number of nitrogens with two attached hydrogens (primary N) is 3. The monoisotopic (exact) mass is 406 g/mol. The summed E-state index contributed by atoms with van der Waals surface area (Å²) in [7, 11) is 0. The van der Waals surface area contributed by atoms with Gasteiger partial charge in [0.15, 0.2) is 0 Å². The van der Waals surface area contributed by atoms with Crippen molar-refractivity contribution in [2.24, 2.45) is 11.5 Å². The maximum atomic E-state index is 11.4. The number of hydrogen-bond acceptors (Lipinski definition) is 5. The number of rotatable bonds is 7. The maximum Gasteiger partial charge on any atom is 0.318 e. The normalized spacial score (nSPS) is 11.2. The van der Waals surface area contributed by atoms with Gasteiger partial charge in [0, 0.05) is 18.7 Å². The van der Waals surface area contributed by atoms with Gasteiger partial charge in [0.1, 0.15) is 0 Å². The molecular formula is C20H22N8O2. The highest BCUT2D eigenvalue weighted by Gasteiger charge is 2.14. The smallest absolute Gasteiger partial charge is 0.318 e. The molecule has 3 amide bonds. The van der Waals surface area contributed by atoms with E-state index in [9.17, 15) is 9.59 Å². The number of carbonyl (C=O) groups excluding carboxylic acids is 2. The van der Waals surface area contributed by atoms with Gasteiger partial charge in [-0.15, -0.1) is 0 Å². The first-order valence-corrected chi connectivity index (χ1v) is 9.51. The van der Waals surface area contributed by atoms with Crippen LogP contribution in [-0.4, -0.2) is 31.0 Å². The van der Waals surface area contributed by atoms with Gasteiger partial charge < -0.3 is 26.3 Å². The molecule has 7 N–H and O–H groups in total. The van der Waals surface area contributed by atoms with Crippen LogP contribution in [0.3, 0.4) is 0 Å². The number of para-hydroxylation sites is 2. The highest BCUT2D eigenvalue weighted by Crippen LogP contribution is 2.23. The number of primary amides is 2. The van der Waals surface area contributed by atoms with Gasteiger partial charge in [-0.3, -0.25) is 10.1 Å². The number of nitrogen functional groups attached to an aromatic ring is 1. The average molecular weight is 406 g/mol. The van der Waals surface area contributed by atoms with Crippen molar-refractivity contribution in [1.82, 2.24) is 19.1 Å². The second-order valence-electron chi connectivity index (χ2n) is 6.96. The Balaban J connectivity index is 1.53. The van der Waals surface area contributed by atoms with E-state index in [1.807, 2.05) is 33.4 Å². The van der Waals surface area contributed by atoms with E-state index in [2.05, 4.69) is 15.3 Å². The van der Waals surface area contributed by atoms with E-state index >= 15 is 0 Å². The molecule has 0 aliphatic rings. The van der Waals surface area contributed by atoms with Gasteiger partial charge in [-0.1, -0.05) is 12.1 Å². The van der Waals surface area contributed by atoms with Gasteiger partial charge in [0.25, 0.3) is 0 Å². The summed E-state index contributed by atoms with van der Waals surface area (Å²) in [6.07, 6.45) is 1.63. The van der Waals surface area contributed by atoms with Crippen LogP contribution in [0, 0.1) is 0 Å². The molecule has 0 unspecified atom stereocenters. The van der Waals surface area contributed by atoms with Gasteiger partial charge >= 0.3 is 6.03 Å². The SMILES string of the molecule is NC(=O)Nc1nc2cc(C(N)=O)ccc2n1CCCCn1c(N)nc2ccccc21. The molecule has 4 rings (SSSR count). The Morgan fingerprint density at radius 1 is 0.900 bits per heavy atom. The van der Waals surface area contributed by atoms with E-state index in [4.69, 9.17) is 17.2 Å². The molecule has 0 fully saturated rings. The van der Waals surface area contributed by atoms with Crippen molar-refractivity contribution in [3.63, 3.8) is 0 Å². The molecule has 30 heavy (non-hydrogen) atoms. The van der Waals surface area contributed by atoms with Crippen LogP contribution < -0.4 is 22.5 Å². The topological polar surface area (TPSA) is 160 Å². The molecule has 0 saturated heterocycles. The number of nitrogens with zero attached hydrogens (tertiary/aromatic N) is 4. The van der Waals surface area contributed by atoms with E-state index in [0.717, 1.165) is 29.4 Å². The minimum atomic E-state index is -0.709. The number of nitrogens with one attached hydrogen (secondary N) is 1. The Morgan fingerprint density at radius 3 is 2.33 bits per heavy atom. The number of fused-ring (bicyclic) bond motifs is 2. The van der Waals surface area contributed by atoms with Crippen molar-refractivity contribution in [3.8, 4) is 0 Å². The molecule has 0 radical (unpaired) electrons. The third-order valence-electron chi connectivity index (χ3n) is 4.97. The lowest BCUT2D eigenvalue weighted by molar-refractivity contribution is 0.100. The predicted octanol–water partition coefficient (Wildman–Crippen LogP) is 2.04. The lowest BCUT2D eigenvalue weighted by Crippen LogP contribution is -2.22. The van der Waals surface area contributed by atoms with Crippen molar-refractivity contribution in [3.05, 3.63) is 48.0 Å². The summed E-state index contributed by atoms with van der Waals surface area (Å²) in [5, 5.41) is 2.54. The van der Waals surface area contributed by atoms with Crippen LogP contribution in [0.15, 0.2) is 42.5 Å². The molecule has 4 aromatic rings. The van der Waals surface area contributed by atoms with E-state index in [0.29, 0.717) is 36.1 Å². The molecule has 0 aliphatic carbocycles. The summed E-state index contributed by atoms with van der Waals surface area (Å²) in [5.41, 5.74) is 20.2. The molecule has 10 nitrogen and oxygen atoms in total. The Labute approximate surface area is 171 Å². The Kier molecular flexibility index (Phi) is 4.97. The van der Waals surface area contributed by atoms with E-state index in [1.165, 1.54) is 0 Å². The van der Waals surface area contributed by atoms with E-state index in [-0.39, 0.29) is 0 Å². The molecule has 0 aliphatic heterocycles. The number of carbonyl (C=O) groups is 2. The predicted molar refractivity (Wildman–Crippen MR) is 115 cm³/mol. The second kappa shape index (κ2) is 7.74. The zero-order chi connectivity index (χ0) is 21.3. The first-order chi connectivity index (χ1) is 14.4. The zero-order valence-electron chi connectivity index (χ0n) is 16.2. The molecule has 0 bridgehead atoms. The maximum absolute atomic E-state index is 11.4. The highest BCUT2D eigenvalue weighted by molar-refractivity contribution is 5.97. The van der Waals surface area contributed by atoms with Crippen molar-refractivity contribution in [1.29, 1.82) is 0 Å². The van der Waals surface area contributed by atoms with Crippen LogP contribution in [-0.2, 0) is 13.1 Å². The van der Waals surface area contributed by atoms with Crippen LogP contribution in [0.5, 0.6) is 0 Å². The number of imidazole rings is 2. The fourth-order valence-corrected chi connectivity index (χ4v) is 3.58. The summed E-state index contributed by atoms with van der Waals surface area (Å²) in [4.78, 5) is 31.6. The molecule has 0 saturated carbocycles. The third kappa shape index (κ3) is 3.62. The molecule has 2 aromatic carbocycles. The van der Waals surface area contributed by atoms with Crippen LogP contribution in [0.1, 0.15) is 23.2 Å². The van der Waals surface area contributed by atoms with Gasteiger partial charge in [0.05, 0.1) is 22.1 Å². The number of hydrogen-bond donors (Lipinski definition) is 4. The standard InChI is InChI=1S/C20H22N8O2/c21-17(29)12-7-8-16-14(11-12)25-20(26-19(23)30)28(16)10-4-3-9-27-15-6-2-1-5-13(15)24-18(27)22/h1-2,5-8,11H,3-4,9-10H2,(H2,21,29)(H2,22,24)(H3,23,25,26,30). The van der Waals surface area contributed by atoms with Crippen molar-refractivity contribution in [2.45, 2.75) is 25.9 Å². The second-order valence-corrected chi connectivity index (χ2v) is 6.96. The number of aromatic nitrogens is 4. The highest BCUT2D eigenvalue weighted by atomic mass is 16.2. The molecule has 154 valence electrons. The number of amides is 3. The number of anilines is 2. The van der Waals surface area contributed by atoms with Crippen LogP contribution in [0.25, 0.3) is 22.1 Å². The third-order valence-corrected chi connectivity index (χ3v) is 4.97. The molecule has 2 aromatic heterocycles. The van der Waals surface area contributed by atoms with Gasteiger partial charge in [-0.05, 0) is 43.2 Å². The summed E-state index contributed by atoms with van der Waals surface area (Å²) in [6.45, 7) is 1.30. The fourth-order valence-electron chi connectivity index (χ4n) is 3.58. The lowest BCUT2D eigenvalue weighted by Gasteiger charge is -2.10. The van der Waals surface area contributed by atoms with Crippen molar-refractivity contribution >= 4 is 45.9 Å². The van der Waals surface area contributed by atoms with Crippen molar-refractivity contribution < 1.29 is 9.59 Å². The molecule has 0 atom stereocenters. The Bertz CT molecular complexity index is 1260. The molecular weight excluding hydrogens is 384 g/mol.